The predicted molar refractivity (Wildman–Crippen MR) is 90.1 cm³/mol. The highest BCUT2D eigenvalue weighted by molar-refractivity contribution is 5.90. The van der Waals surface area contributed by atoms with E-state index in [0.29, 0.717) is 12.3 Å². The summed E-state index contributed by atoms with van der Waals surface area (Å²) in [6.07, 6.45) is 8.52. The van der Waals surface area contributed by atoms with Crippen molar-refractivity contribution in [3.8, 4) is 5.82 Å². The lowest BCUT2D eigenvalue weighted by atomic mass is 10.0. The summed E-state index contributed by atoms with van der Waals surface area (Å²) in [4.78, 5) is 20.2. The van der Waals surface area contributed by atoms with Gasteiger partial charge in [-0.05, 0) is 37.6 Å². The second-order valence-corrected chi connectivity index (χ2v) is 4.99. The van der Waals surface area contributed by atoms with Gasteiger partial charge in [0, 0.05) is 18.8 Å². The molecule has 1 atom stereocenters. The van der Waals surface area contributed by atoms with E-state index in [9.17, 15) is 4.79 Å². The van der Waals surface area contributed by atoms with Crippen LogP contribution < -0.4 is 10.6 Å². The number of halogens is 2. The van der Waals surface area contributed by atoms with Crippen LogP contribution in [0.2, 0.25) is 0 Å². The number of hydrogen-bond acceptors (Lipinski definition) is 4. The van der Waals surface area contributed by atoms with Crippen LogP contribution in [-0.4, -0.2) is 33.5 Å². The number of nitrogens with one attached hydrogen (secondary N) is 2. The second kappa shape index (κ2) is 8.73. The maximum atomic E-state index is 11.9. The summed E-state index contributed by atoms with van der Waals surface area (Å²) < 4.78 is 1.82. The normalized spacial score (nSPS) is 16.5. The van der Waals surface area contributed by atoms with Gasteiger partial charge in [-0.15, -0.1) is 24.8 Å². The van der Waals surface area contributed by atoms with E-state index in [1.54, 1.807) is 18.7 Å². The molecule has 1 unspecified atom stereocenters. The third-order valence-corrected chi connectivity index (χ3v) is 3.44. The number of rotatable bonds is 4. The Morgan fingerprint density at radius 2 is 2.27 bits per heavy atom. The van der Waals surface area contributed by atoms with E-state index in [-0.39, 0.29) is 30.7 Å². The summed E-state index contributed by atoms with van der Waals surface area (Å²) in [6.45, 7) is 1.95. The Balaban J connectivity index is 0.00000121. The van der Waals surface area contributed by atoms with Crippen LogP contribution in [-0.2, 0) is 4.79 Å². The average Bonchev–Trinajstić information content (AvgIpc) is 3.12. The molecule has 1 fully saturated rings. The van der Waals surface area contributed by atoms with Gasteiger partial charge < -0.3 is 10.6 Å². The van der Waals surface area contributed by atoms with Gasteiger partial charge in [-0.25, -0.2) is 9.97 Å². The molecule has 1 amide bonds. The van der Waals surface area contributed by atoms with Crippen molar-refractivity contribution in [2.75, 3.05) is 18.4 Å². The first kappa shape index (κ1) is 18.4. The highest BCUT2D eigenvalue weighted by Crippen LogP contribution is 2.14. The van der Waals surface area contributed by atoms with Crippen LogP contribution in [0.15, 0.2) is 37.1 Å². The molecule has 0 spiro atoms. The van der Waals surface area contributed by atoms with Gasteiger partial charge in [-0.2, -0.15) is 0 Å². The van der Waals surface area contributed by atoms with Gasteiger partial charge in [-0.3, -0.25) is 9.36 Å². The lowest BCUT2D eigenvalue weighted by molar-refractivity contribution is -0.116. The van der Waals surface area contributed by atoms with E-state index in [1.807, 2.05) is 22.9 Å². The molecule has 0 aromatic carbocycles. The average molecular weight is 344 g/mol. The molecule has 0 saturated carbocycles. The number of nitrogens with zero attached hydrogens (tertiary/aromatic N) is 3. The van der Waals surface area contributed by atoms with E-state index in [2.05, 4.69) is 20.6 Å². The highest BCUT2D eigenvalue weighted by Gasteiger charge is 2.17. The summed E-state index contributed by atoms with van der Waals surface area (Å²) in [5, 5.41) is 6.15. The van der Waals surface area contributed by atoms with Crippen LogP contribution in [0.5, 0.6) is 0 Å². The fraction of sp³-hybridized carbons (Fsp3) is 0.357. The predicted octanol–water partition coefficient (Wildman–Crippen LogP) is 2.05. The standard InChI is InChI=1S/C14H17N5O.2ClH/c20-14(7-11-3-4-15-8-11)18-12-1-2-13(17-9-12)19-6-5-16-10-19;;/h1-2,5-6,9-11,15H,3-4,7-8H2,(H,18,20);2*1H. The quantitative estimate of drug-likeness (QED) is 0.891. The number of aromatic nitrogens is 3. The summed E-state index contributed by atoms with van der Waals surface area (Å²) >= 11 is 0. The monoisotopic (exact) mass is 343 g/mol. The molecule has 2 aromatic rings. The minimum Gasteiger partial charge on any atom is -0.325 e. The van der Waals surface area contributed by atoms with E-state index >= 15 is 0 Å². The molecule has 6 nitrogen and oxygen atoms in total. The Morgan fingerprint density at radius 3 is 2.86 bits per heavy atom. The molecule has 0 radical (unpaired) electrons. The molecule has 0 aliphatic carbocycles. The number of anilines is 1. The van der Waals surface area contributed by atoms with E-state index < -0.39 is 0 Å². The topological polar surface area (TPSA) is 71.8 Å². The SMILES string of the molecule is Cl.Cl.O=C(CC1CCNC1)Nc1ccc(-n2ccnc2)nc1. The molecule has 0 bridgehead atoms. The van der Waals surface area contributed by atoms with Gasteiger partial charge >= 0.3 is 0 Å². The van der Waals surface area contributed by atoms with E-state index in [0.717, 1.165) is 31.0 Å². The molecule has 120 valence electrons. The zero-order valence-corrected chi connectivity index (χ0v) is 13.6. The molecule has 8 heteroatoms. The smallest absolute Gasteiger partial charge is 0.224 e. The van der Waals surface area contributed by atoms with Gasteiger partial charge in [0.25, 0.3) is 0 Å². The number of carbonyl (C=O) groups excluding carboxylic acids is 1. The Labute approximate surface area is 141 Å². The van der Waals surface area contributed by atoms with Crippen LogP contribution in [0.4, 0.5) is 5.69 Å². The van der Waals surface area contributed by atoms with Crippen molar-refractivity contribution < 1.29 is 4.79 Å². The summed E-state index contributed by atoms with van der Waals surface area (Å²) in [5.74, 6) is 1.28. The molecule has 2 aromatic heterocycles. The van der Waals surface area contributed by atoms with Crippen LogP contribution in [0, 0.1) is 5.92 Å². The maximum absolute atomic E-state index is 11.9. The Morgan fingerprint density at radius 1 is 1.41 bits per heavy atom. The minimum atomic E-state index is 0. The summed E-state index contributed by atoms with van der Waals surface area (Å²) in [6, 6.07) is 3.71. The van der Waals surface area contributed by atoms with Gasteiger partial charge in [-0.1, -0.05) is 0 Å². The van der Waals surface area contributed by atoms with Crippen LogP contribution in [0.3, 0.4) is 0 Å². The van der Waals surface area contributed by atoms with Crippen molar-refractivity contribution in [3.63, 3.8) is 0 Å². The van der Waals surface area contributed by atoms with Gasteiger partial charge in [0.05, 0.1) is 11.9 Å². The molecular weight excluding hydrogens is 325 g/mol. The van der Waals surface area contributed by atoms with Gasteiger partial charge in [0.2, 0.25) is 5.91 Å². The first-order chi connectivity index (χ1) is 9.81. The number of carbonyl (C=O) groups is 1. The first-order valence-corrected chi connectivity index (χ1v) is 6.76. The summed E-state index contributed by atoms with van der Waals surface area (Å²) in [5.41, 5.74) is 0.727. The minimum absolute atomic E-state index is 0. The van der Waals surface area contributed by atoms with Gasteiger partial charge in [0.15, 0.2) is 0 Å². The molecule has 2 N–H and O–H groups in total. The van der Waals surface area contributed by atoms with Crippen LogP contribution in [0.1, 0.15) is 12.8 Å². The summed E-state index contributed by atoms with van der Waals surface area (Å²) in [7, 11) is 0. The van der Waals surface area contributed by atoms with Crippen molar-refractivity contribution in [1.82, 2.24) is 19.9 Å². The van der Waals surface area contributed by atoms with Crippen molar-refractivity contribution in [2.24, 2.45) is 5.92 Å². The van der Waals surface area contributed by atoms with E-state index in [4.69, 9.17) is 0 Å². The lowest BCUT2D eigenvalue weighted by Crippen LogP contribution is -2.18. The Bertz CT molecular complexity index is 567. The third kappa shape index (κ3) is 4.69. The Hall–Kier alpha value is -1.63. The molecule has 1 aliphatic rings. The zero-order chi connectivity index (χ0) is 13.8. The molecule has 3 heterocycles. The number of imidazole rings is 1. The fourth-order valence-corrected chi connectivity index (χ4v) is 2.37. The fourth-order valence-electron chi connectivity index (χ4n) is 2.37. The number of amides is 1. The van der Waals surface area contributed by atoms with Crippen molar-refractivity contribution in [3.05, 3.63) is 37.1 Å². The highest BCUT2D eigenvalue weighted by atomic mass is 35.5. The molecular formula is C14H19Cl2N5O. The van der Waals surface area contributed by atoms with Crippen LogP contribution in [0.25, 0.3) is 5.82 Å². The molecule has 22 heavy (non-hydrogen) atoms. The zero-order valence-electron chi connectivity index (χ0n) is 11.9. The molecule has 1 saturated heterocycles. The molecule has 3 rings (SSSR count). The van der Waals surface area contributed by atoms with Crippen molar-refractivity contribution in [1.29, 1.82) is 0 Å². The number of hydrogen-bond donors (Lipinski definition) is 2. The van der Waals surface area contributed by atoms with E-state index in [1.165, 1.54) is 0 Å². The Kier molecular flexibility index (Phi) is 7.31. The van der Waals surface area contributed by atoms with Crippen LogP contribution >= 0.6 is 24.8 Å². The lowest BCUT2D eigenvalue weighted by Gasteiger charge is -2.09. The third-order valence-electron chi connectivity index (χ3n) is 3.44. The van der Waals surface area contributed by atoms with Gasteiger partial charge in [0.1, 0.15) is 12.1 Å². The largest absolute Gasteiger partial charge is 0.325 e. The first-order valence-electron chi connectivity index (χ1n) is 6.76. The van der Waals surface area contributed by atoms with Crippen molar-refractivity contribution >= 4 is 36.4 Å². The second-order valence-electron chi connectivity index (χ2n) is 4.99. The van der Waals surface area contributed by atoms with Crippen molar-refractivity contribution in [2.45, 2.75) is 12.8 Å². The molecule has 1 aliphatic heterocycles. The number of pyridine rings is 1. The maximum Gasteiger partial charge on any atom is 0.224 e.